The quantitative estimate of drug-likeness (QED) is 0.738. The Balaban J connectivity index is 0.000000433. The van der Waals surface area contributed by atoms with Gasteiger partial charge in [-0.05, 0) is 24.6 Å². The summed E-state index contributed by atoms with van der Waals surface area (Å²) in [7, 11) is 0. The number of aliphatic carboxylic acids is 2. The van der Waals surface area contributed by atoms with Crippen LogP contribution in [0.5, 0.6) is 0 Å². The van der Waals surface area contributed by atoms with Gasteiger partial charge in [-0.1, -0.05) is 18.2 Å². The summed E-state index contributed by atoms with van der Waals surface area (Å²) in [6, 6.07) is 5.22. The Morgan fingerprint density at radius 3 is 2.05 bits per heavy atom. The normalized spacial score (nSPS) is 10.9. The second kappa shape index (κ2) is 8.75. The number of hydrogen-bond donors (Lipinski definition) is 3. The van der Waals surface area contributed by atoms with Crippen molar-refractivity contribution in [3.8, 4) is 0 Å². The molecule has 116 valence electrons. The third-order valence-corrected chi connectivity index (χ3v) is 2.06. The maximum atomic E-state index is 12.2. The van der Waals surface area contributed by atoms with Gasteiger partial charge in [0.15, 0.2) is 0 Å². The van der Waals surface area contributed by atoms with Crippen molar-refractivity contribution in [1.82, 2.24) is 0 Å². The second-order valence-electron chi connectivity index (χ2n) is 3.75. The summed E-state index contributed by atoms with van der Waals surface area (Å²) in [6.07, 6.45) is -2.67. The molecule has 0 heterocycles. The van der Waals surface area contributed by atoms with Gasteiger partial charge in [0.2, 0.25) is 0 Å². The van der Waals surface area contributed by atoms with E-state index in [1.807, 2.05) is 0 Å². The van der Waals surface area contributed by atoms with E-state index in [-0.39, 0.29) is 0 Å². The van der Waals surface area contributed by atoms with E-state index in [0.29, 0.717) is 30.7 Å². The van der Waals surface area contributed by atoms with Gasteiger partial charge in [-0.3, -0.25) is 0 Å². The summed E-state index contributed by atoms with van der Waals surface area (Å²) in [5.74, 6) is -2.51. The standard InChI is InChI=1S/C9H10F3N.C4H4O4/c10-9(11,12)8-3-1-2-7(6-8)4-5-13;5-3(6)1-2-4(7)8/h1-3,6H,4-5,13H2;1-2H,(H,5,6)(H,7,8). The van der Waals surface area contributed by atoms with E-state index in [0.717, 1.165) is 12.1 Å². The molecule has 0 spiro atoms. The second-order valence-corrected chi connectivity index (χ2v) is 3.75. The Morgan fingerprint density at radius 2 is 1.67 bits per heavy atom. The van der Waals surface area contributed by atoms with Gasteiger partial charge in [0.05, 0.1) is 5.56 Å². The fraction of sp³-hybridized carbons (Fsp3) is 0.231. The molecule has 5 nitrogen and oxygen atoms in total. The molecule has 0 aliphatic carbocycles. The van der Waals surface area contributed by atoms with E-state index in [9.17, 15) is 22.8 Å². The van der Waals surface area contributed by atoms with E-state index < -0.39 is 23.7 Å². The number of carbonyl (C=O) groups is 2. The molecular weight excluding hydrogens is 291 g/mol. The van der Waals surface area contributed by atoms with Crippen LogP contribution < -0.4 is 5.73 Å². The van der Waals surface area contributed by atoms with Crippen molar-refractivity contribution in [2.75, 3.05) is 6.54 Å². The molecule has 0 amide bonds. The first-order valence-corrected chi connectivity index (χ1v) is 5.67. The van der Waals surface area contributed by atoms with Gasteiger partial charge < -0.3 is 15.9 Å². The highest BCUT2D eigenvalue weighted by Gasteiger charge is 2.30. The van der Waals surface area contributed by atoms with Crippen LogP contribution in [0.25, 0.3) is 0 Å². The molecule has 0 fully saturated rings. The fourth-order valence-corrected chi connectivity index (χ4v) is 1.21. The Hall–Kier alpha value is -2.35. The minimum absolute atomic E-state index is 0.362. The van der Waals surface area contributed by atoms with Crippen LogP contribution in [0.4, 0.5) is 13.2 Å². The number of alkyl halides is 3. The number of nitrogens with two attached hydrogens (primary N) is 1. The average Bonchev–Trinajstić information content (AvgIpc) is 2.37. The van der Waals surface area contributed by atoms with Crippen LogP contribution in [0.3, 0.4) is 0 Å². The first kappa shape index (κ1) is 18.7. The molecule has 1 aromatic rings. The van der Waals surface area contributed by atoms with Crippen LogP contribution >= 0.6 is 0 Å². The van der Waals surface area contributed by atoms with E-state index in [4.69, 9.17) is 15.9 Å². The maximum absolute atomic E-state index is 12.2. The predicted molar refractivity (Wildman–Crippen MR) is 68.6 cm³/mol. The van der Waals surface area contributed by atoms with Crippen molar-refractivity contribution in [1.29, 1.82) is 0 Å². The first-order chi connectivity index (χ1) is 9.66. The van der Waals surface area contributed by atoms with Gasteiger partial charge in [0, 0.05) is 12.2 Å². The van der Waals surface area contributed by atoms with Gasteiger partial charge in [0.1, 0.15) is 0 Å². The lowest BCUT2D eigenvalue weighted by atomic mass is 10.1. The van der Waals surface area contributed by atoms with Crippen LogP contribution in [-0.4, -0.2) is 28.7 Å². The van der Waals surface area contributed by atoms with Gasteiger partial charge in [-0.25, -0.2) is 9.59 Å². The van der Waals surface area contributed by atoms with Gasteiger partial charge in [-0.2, -0.15) is 13.2 Å². The number of hydrogen-bond acceptors (Lipinski definition) is 3. The molecule has 1 aromatic carbocycles. The molecular formula is C13H14F3NO4. The molecule has 0 saturated carbocycles. The van der Waals surface area contributed by atoms with Crippen molar-refractivity contribution in [3.05, 3.63) is 47.5 Å². The monoisotopic (exact) mass is 305 g/mol. The summed E-state index contributed by atoms with van der Waals surface area (Å²) in [4.78, 5) is 19.1. The molecule has 0 saturated heterocycles. The van der Waals surface area contributed by atoms with Gasteiger partial charge in [0.25, 0.3) is 0 Å². The highest BCUT2D eigenvalue weighted by Crippen LogP contribution is 2.29. The summed E-state index contributed by atoms with van der Waals surface area (Å²) in [5, 5.41) is 15.6. The van der Waals surface area contributed by atoms with E-state index in [2.05, 4.69) is 0 Å². The number of benzene rings is 1. The van der Waals surface area contributed by atoms with E-state index in [1.54, 1.807) is 6.07 Å². The topological polar surface area (TPSA) is 101 Å². The smallest absolute Gasteiger partial charge is 0.416 e. The van der Waals surface area contributed by atoms with Crippen LogP contribution in [0, 0.1) is 0 Å². The van der Waals surface area contributed by atoms with Gasteiger partial charge >= 0.3 is 18.1 Å². The lowest BCUT2D eigenvalue weighted by molar-refractivity contribution is -0.137. The Labute approximate surface area is 118 Å². The molecule has 0 aliphatic heterocycles. The SMILES string of the molecule is NCCc1cccc(C(F)(F)F)c1.O=C(O)C=CC(=O)O. The molecule has 21 heavy (non-hydrogen) atoms. The highest BCUT2D eigenvalue weighted by molar-refractivity contribution is 5.89. The Bertz CT molecular complexity index is 496. The molecule has 0 radical (unpaired) electrons. The summed E-state index contributed by atoms with van der Waals surface area (Å²) in [6.45, 7) is 0.362. The number of rotatable bonds is 4. The summed E-state index contributed by atoms with van der Waals surface area (Å²) >= 11 is 0. The molecule has 0 aliphatic rings. The summed E-state index contributed by atoms with van der Waals surface area (Å²) in [5.41, 5.74) is 5.25. The number of halogens is 3. The minimum atomic E-state index is -4.26. The number of carboxylic acid groups (broad SMARTS) is 2. The Kier molecular flexibility index (Phi) is 7.77. The van der Waals surface area contributed by atoms with Crippen LogP contribution in [0.1, 0.15) is 11.1 Å². The molecule has 0 bridgehead atoms. The zero-order valence-corrected chi connectivity index (χ0v) is 10.8. The Morgan fingerprint density at radius 1 is 1.14 bits per heavy atom. The molecule has 4 N–H and O–H groups in total. The van der Waals surface area contributed by atoms with Crippen molar-refractivity contribution >= 4 is 11.9 Å². The lowest BCUT2D eigenvalue weighted by Crippen LogP contribution is -2.07. The zero-order chi connectivity index (χ0) is 16.5. The van der Waals surface area contributed by atoms with E-state index >= 15 is 0 Å². The van der Waals surface area contributed by atoms with Crippen molar-refractivity contribution in [2.24, 2.45) is 5.73 Å². The third kappa shape index (κ3) is 9.22. The average molecular weight is 305 g/mol. The largest absolute Gasteiger partial charge is 0.478 e. The molecule has 1 rings (SSSR count). The van der Waals surface area contributed by atoms with Gasteiger partial charge in [-0.15, -0.1) is 0 Å². The fourth-order valence-electron chi connectivity index (χ4n) is 1.21. The first-order valence-electron chi connectivity index (χ1n) is 5.67. The minimum Gasteiger partial charge on any atom is -0.478 e. The van der Waals surface area contributed by atoms with Crippen LogP contribution in [-0.2, 0) is 22.2 Å². The molecule has 8 heteroatoms. The lowest BCUT2D eigenvalue weighted by Gasteiger charge is -2.07. The molecule has 0 aromatic heterocycles. The molecule has 0 atom stereocenters. The maximum Gasteiger partial charge on any atom is 0.416 e. The number of carboxylic acids is 2. The third-order valence-electron chi connectivity index (χ3n) is 2.06. The molecule has 0 unspecified atom stereocenters. The zero-order valence-electron chi connectivity index (χ0n) is 10.8. The summed E-state index contributed by atoms with van der Waals surface area (Å²) < 4.78 is 36.5. The highest BCUT2D eigenvalue weighted by atomic mass is 19.4. The van der Waals surface area contributed by atoms with Crippen LogP contribution in [0.2, 0.25) is 0 Å². The predicted octanol–water partition coefficient (Wildman–Crippen LogP) is 1.92. The van der Waals surface area contributed by atoms with Crippen molar-refractivity contribution in [2.45, 2.75) is 12.6 Å². The van der Waals surface area contributed by atoms with Crippen molar-refractivity contribution < 1.29 is 33.0 Å². The van der Waals surface area contributed by atoms with Crippen molar-refractivity contribution in [3.63, 3.8) is 0 Å². The van der Waals surface area contributed by atoms with Crippen LogP contribution in [0.15, 0.2) is 36.4 Å². The van der Waals surface area contributed by atoms with E-state index in [1.165, 1.54) is 6.07 Å².